The third-order valence-corrected chi connectivity index (χ3v) is 4.83. The first-order chi connectivity index (χ1) is 10.6. The number of nitrogens with two attached hydrogens (primary N) is 1. The third kappa shape index (κ3) is 5.15. The van der Waals surface area contributed by atoms with Crippen LogP contribution in [-0.2, 0) is 5.75 Å². The van der Waals surface area contributed by atoms with Crippen LogP contribution in [-0.4, -0.2) is 16.5 Å². The van der Waals surface area contributed by atoms with Crippen LogP contribution in [0.25, 0.3) is 0 Å². The summed E-state index contributed by atoms with van der Waals surface area (Å²) in [4.78, 5) is 0. The standard InChI is InChI=1S/C15H13Br2N3OS/c16-12-7-13(17)14(21)6-11(12)8-19-20-15(18)22-9-10-4-2-1-3-5-10/h1-8,21H,9H2,(H2,18,20). The van der Waals surface area contributed by atoms with Crippen LogP contribution in [0, 0.1) is 0 Å². The van der Waals surface area contributed by atoms with Crippen molar-refractivity contribution in [3.63, 3.8) is 0 Å². The van der Waals surface area contributed by atoms with E-state index in [0.29, 0.717) is 15.2 Å². The molecule has 3 N–H and O–H groups in total. The van der Waals surface area contributed by atoms with E-state index in [4.69, 9.17) is 5.73 Å². The van der Waals surface area contributed by atoms with E-state index in [2.05, 4.69) is 42.1 Å². The molecule has 0 radical (unpaired) electrons. The first kappa shape index (κ1) is 17.1. The van der Waals surface area contributed by atoms with E-state index in [1.165, 1.54) is 23.5 Å². The summed E-state index contributed by atoms with van der Waals surface area (Å²) in [5.74, 6) is 0.883. The molecule has 0 heterocycles. The van der Waals surface area contributed by atoms with Gasteiger partial charge in [-0.25, -0.2) is 0 Å². The smallest absolute Gasteiger partial charge is 0.180 e. The van der Waals surface area contributed by atoms with Gasteiger partial charge in [0.05, 0.1) is 10.7 Å². The fourth-order valence-electron chi connectivity index (χ4n) is 1.56. The number of phenolic OH excluding ortho intramolecular Hbond substituents is 1. The summed E-state index contributed by atoms with van der Waals surface area (Å²) in [6.45, 7) is 0. The van der Waals surface area contributed by atoms with E-state index in [9.17, 15) is 5.11 Å². The van der Waals surface area contributed by atoms with Crippen molar-refractivity contribution in [2.75, 3.05) is 0 Å². The molecule has 7 heteroatoms. The van der Waals surface area contributed by atoms with Gasteiger partial charge in [0.1, 0.15) is 5.75 Å². The summed E-state index contributed by atoms with van der Waals surface area (Å²) in [5.41, 5.74) is 7.70. The van der Waals surface area contributed by atoms with Crippen LogP contribution in [0.15, 0.2) is 61.6 Å². The van der Waals surface area contributed by atoms with Crippen molar-refractivity contribution >= 4 is 55.0 Å². The van der Waals surface area contributed by atoms with E-state index >= 15 is 0 Å². The number of nitrogens with zero attached hydrogens (tertiary/aromatic N) is 2. The average Bonchev–Trinajstić information content (AvgIpc) is 2.51. The maximum atomic E-state index is 9.65. The Balaban J connectivity index is 1.97. The zero-order chi connectivity index (χ0) is 15.9. The number of phenols is 1. The van der Waals surface area contributed by atoms with Crippen molar-refractivity contribution in [1.29, 1.82) is 0 Å². The number of rotatable bonds is 4. The molecule has 0 bridgehead atoms. The van der Waals surface area contributed by atoms with Crippen LogP contribution in [0.4, 0.5) is 0 Å². The van der Waals surface area contributed by atoms with Crippen LogP contribution >= 0.6 is 43.6 Å². The van der Waals surface area contributed by atoms with Gasteiger partial charge in [0, 0.05) is 15.8 Å². The number of aromatic hydroxyl groups is 1. The molecule has 2 rings (SSSR count). The lowest BCUT2D eigenvalue weighted by atomic mass is 10.2. The van der Waals surface area contributed by atoms with E-state index in [1.807, 2.05) is 30.3 Å². The maximum Gasteiger partial charge on any atom is 0.180 e. The topological polar surface area (TPSA) is 71.0 Å². The molecule has 0 aliphatic carbocycles. The minimum absolute atomic E-state index is 0.139. The molecule has 0 unspecified atom stereocenters. The normalized spacial score (nSPS) is 12.0. The zero-order valence-electron chi connectivity index (χ0n) is 11.4. The molecule has 0 saturated carbocycles. The van der Waals surface area contributed by atoms with Gasteiger partial charge in [0.15, 0.2) is 5.17 Å². The second kappa shape index (κ2) is 8.36. The van der Waals surface area contributed by atoms with Crippen molar-refractivity contribution in [3.8, 4) is 5.75 Å². The number of thioether (sulfide) groups is 1. The predicted octanol–water partition coefficient (Wildman–Crippen LogP) is 4.50. The zero-order valence-corrected chi connectivity index (χ0v) is 15.4. The Labute approximate surface area is 149 Å². The highest BCUT2D eigenvalue weighted by atomic mass is 79.9. The number of hydrogen-bond acceptors (Lipinski definition) is 4. The summed E-state index contributed by atoms with van der Waals surface area (Å²) < 4.78 is 1.41. The Morgan fingerprint density at radius 3 is 2.64 bits per heavy atom. The highest BCUT2D eigenvalue weighted by molar-refractivity contribution is 9.11. The molecule has 0 amide bonds. The van der Waals surface area contributed by atoms with E-state index in [1.54, 1.807) is 12.1 Å². The lowest BCUT2D eigenvalue weighted by Crippen LogP contribution is -2.06. The second-order valence-electron chi connectivity index (χ2n) is 4.28. The van der Waals surface area contributed by atoms with Crippen LogP contribution in [0.2, 0.25) is 0 Å². The second-order valence-corrected chi connectivity index (χ2v) is 6.99. The molecule has 0 aliphatic heterocycles. The van der Waals surface area contributed by atoms with Crippen LogP contribution in [0.3, 0.4) is 0 Å². The number of hydrogen-bond donors (Lipinski definition) is 2. The van der Waals surface area contributed by atoms with Crippen LogP contribution in [0.1, 0.15) is 11.1 Å². The summed E-state index contributed by atoms with van der Waals surface area (Å²) in [7, 11) is 0. The van der Waals surface area contributed by atoms with Gasteiger partial charge in [-0.05, 0) is 33.6 Å². The van der Waals surface area contributed by atoms with Crippen molar-refractivity contribution in [2.45, 2.75) is 5.75 Å². The lowest BCUT2D eigenvalue weighted by molar-refractivity contribution is 0.471. The molecule has 4 nitrogen and oxygen atoms in total. The Morgan fingerprint density at radius 2 is 1.91 bits per heavy atom. The van der Waals surface area contributed by atoms with E-state index < -0.39 is 0 Å². The van der Waals surface area contributed by atoms with Crippen LogP contribution in [0.5, 0.6) is 5.75 Å². The number of amidine groups is 1. The lowest BCUT2D eigenvalue weighted by Gasteiger charge is -2.01. The molecule has 0 fully saturated rings. The van der Waals surface area contributed by atoms with Gasteiger partial charge >= 0.3 is 0 Å². The molecular weight excluding hydrogens is 430 g/mol. The minimum Gasteiger partial charge on any atom is -0.507 e. The quantitative estimate of drug-likeness (QED) is 0.416. The van der Waals surface area contributed by atoms with Gasteiger partial charge in [-0.3, -0.25) is 0 Å². The Hall–Kier alpha value is -1.31. The van der Waals surface area contributed by atoms with E-state index in [-0.39, 0.29) is 5.75 Å². The summed E-state index contributed by atoms with van der Waals surface area (Å²) in [6, 6.07) is 13.3. The van der Waals surface area contributed by atoms with Gasteiger partial charge in [0.25, 0.3) is 0 Å². The maximum absolute atomic E-state index is 9.65. The number of halogens is 2. The first-order valence-corrected chi connectivity index (χ1v) is 8.84. The number of benzene rings is 2. The Morgan fingerprint density at radius 1 is 1.18 bits per heavy atom. The highest BCUT2D eigenvalue weighted by Crippen LogP contribution is 2.29. The molecule has 2 aromatic rings. The Kier molecular flexibility index (Phi) is 6.48. The molecule has 114 valence electrons. The molecule has 0 aliphatic rings. The largest absolute Gasteiger partial charge is 0.507 e. The van der Waals surface area contributed by atoms with Crippen molar-refractivity contribution in [3.05, 3.63) is 62.5 Å². The molecule has 0 saturated heterocycles. The summed E-state index contributed by atoms with van der Waals surface area (Å²) in [6.07, 6.45) is 1.53. The van der Waals surface area contributed by atoms with Crippen LogP contribution < -0.4 is 5.73 Å². The summed E-state index contributed by atoms with van der Waals surface area (Å²) in [5, 5.41) is 17.9. The van der Waals surface area contributed by atoms with E-state index in [0.717, 1.165) is 10.2 Å². The molecule has 0 spiro atoms. The van der Waals surface area contributed by atoms with Gasteiger partial charge < -0.3 is 10.8 Å². The van der Waals surface area contributed by atoms with Crippen molar-refractivity contribution in [1.82, 2.24) is 0 Å². The van der Waals surface area contributed by atoms with Gasteiger partial charge in [-0.1, -0.05) is 58.0 Å². The SMILES string of the molecule is NC(=NN=Cc1cc(O)c(Br)cc1Br)SCc1ccccc1. The first-order valence-electron chi connectivity index (χ1n) is 6.27. The molecule has 0 atom stereocenters. The minimum atomic E-state index is 0.139. The molecule has 0 aromatic heterocycles. The van der Waals surface area contributed by atoms with Gasteiger partial charge in [0.2, 0.25) is 0 Å². The molecule has 2 aromatic carbocycles. The van der Waals surface area contributed by atoms with Gasteiger partial charge in [-0.2, -0.15) is 5.10 Å². The average molecular weight is 443 g/mol. The molecule has 22 heavy (non-hydrogen) atoms. The highest BCUT2D eigenvalue weighted by Gasteiger charge is 2.03. The predicted molar refractivity (Wildman–Crippen MR) is 100 cm³/mol. The Bertz CT molecular complexity index is 705. The third-order valence-electron chi connectivity index (χ3n) is 2.65. The fourth-order valence-corrected chi connectivity index (χ4v) is 3.27. The fraction of sp³-hybridized carbons (Fsp3) is 0.0667. The monoisotopic (exact) mass is 441 g/mol. The van der Waals surface area contributed by atoms with Crippen molar-refractivity contribution in [2.24, 2.45) is 15.9 Å². The molecular formula is C15H13Br2N3OS. The van der Waals surface area contributed by atoms with Gasteiger partial charge in [-0.15, -0.1) is 5.10 Å². The van der Waals surface area contributed by atoms with Crippen molar-refractivity contribution < 1.29 is 5.11 Å². The summed E-state index contributed by atoms with van der Waals surface area (Å²) >= 11 is 8.05.